The van der Waals surface area contributed by atoms with Crippen LogP contribution in [0.5, 0.6) is 0 Å². The van der Waals surface area contributed by atoms with Gasteiger partial charge < -0.3 is 26.4 Å². The molecule has 92 valence electrons. The Hall–Kier alpha value is -1.43. The quantitative estimate of drug-likeness (QED) is 0.536. The van der Waals surface area contributed by atoms with Gasteiger partial charge in [0, 0.05) is 7.05 Å². The van der Waals surface area contributed by atoms with Gasteiger partial charge in [0.15, 0.2) is 0 Å². The van der Waals surface area contributed by atoms with Crippen LogP contribution >= 0.6 is 0 Å². The molecule has 0 unspecified atom stereocenters. The van der Waals surface area contributed by atoms with Gasteiger partial charge >= 0.3 is 6.03 Å². The van der Waals surface area contributed by atoms with Crippen molar-refractivity contribution >= 4 is 17.6 Å². The van der Waals surface area contributed by atoms with E-state index >= 15 is 0 Å². The normalized spacial score (nSPS) is 6.07. The monoisotopic (exact) mass is 221 g/mol. The maximum atomic E-state index is 9.48. The number of Topliss-reactive ketones (excluding diaryl/α,β-unsaturated/α-hetero) is 2. The Morgan fingerprint density at radius 2 is 0.933 bits per heavy atom. The standard InChI is InChI=1S/2C3H6O.C2H6N2O.CH5N/c2*1-3(2)4;1-4-2(3)5;1-2/h2*1-2H3;1H3,(H3,3,4,5);2H2,1H3. The van der Waals surface area contributed by atoms with Crippen molar-refractivity contribution in [3.05, 3.63) is 0 Å². The van der Waals surface area contributed by atoms with Gasteiger partial charge in [-0.05, 0) is 34.7 Å². The number of primary amides is 1. The van der Waals surface area contributed by atoms with Crippen molar-refractivity contribution in [2.24, 2.45) is 11.5 Å². The van der Waals surface area contributed by atoms with Gasteiger partial charge in [0.05, 0.1) is 0 Å². The molecule has 0 aromatic heterocycles. The van der Waals surface area contributed by atoms with Gasteiger partial charge in [0.25, 0.3) is 0 Å². The zero-order valence-electron chi connectivity index (χ0n) is 10.4. The molecule has 0 fully saturated rings. The second-order valence-corrected chi connectivity index (χ2v) is 2.43. The van der Waals surface area contributed by atoms with E-state index in [9.17, 15) is 14.4 Å². The Kier molecular flexibility index (Phi) is 35.8. The van der Waals surface area contributed by atoms with Crippen LogP contribution < -0.4 is 16.8 Å². The number of nitrogens with one attached hydrogen (secondary N) is 1. The first-order valence-electron chi connectivity index (χ1n) is 4.23. The molecular formula is C9H23N3O3. The average molecular weight is 221 g/mol. The van der Waals surface area contributed by atoms with Crippen molar-refractivity contribution in [1.82, 2.24) is 5.32 Å². The molecule has 2 amide bonds. The number of hydrogen-bond donors (Lipinski definition) is 3. The molecule has 5 N–H and O–H groups in total. The van der Waals surface area contributed by atoms with Gasteiger partial charge in [-0.25, -0.2) is 4.79 Å². The Labute approximate surface area is 91.4 Å². The summed E-state index contributed by atoms with van der Waals surface area (Å²) in [7, 11) is 2.97. The summed E-state index contributed by atoms with van der Waals surface area (Å²) in [5.74, 6) is 0.333. The first-order chi connectivity index (χ1) is 6.73. The van der Waals surface area contributed by atoms with Crippen molar-refractivity contribution in [3.8, 4) is 0 Å². The molecule has 0 aromatic rings. The predicted molar refractivity (Wildman–Crippen MR) is 61.5 cm³/mol. The molecule has 0 saturated carbocycles. The van der Waals surface area contributed by atoms with E-state index in [4.69, 9.17) is 0 Å². The smallest absolute Gasteiger partial charge is 0.311 e. The number of ketones is 2. The highest BCUT2D eigenvalue weighted by Gasteiger charge is 1.72. The molecular weight excluding hydrogens is 198 g/mol. The topological polar surface area (TPSA) is 115 Å². The van der Waals surface area contributed by atoms with Crippen LogP contribution in [0.2, 0.25) is 0 Å². The van der Waals surface area contributed by atoms with Crippen LogP contribution in [0.1, 0.15) is 27.7 Å². The van der Waals surface area contributed by atoms with Crippen LogP contribution in [0, 0.1) is 0 Å². The van der Waals surface area contributed by atoms with Crippen LogP contribution in [0.4, 0.5) is 4.79 Å². The first kappa shape index (κ1) is 23.4. The summed E-state index contributed by atoms with van der Waals surface area (Å²) in [5.41, 5.74) is 9.04. The van der Waals surface area contributed by atoms with Crippen molar-refractivity contribution in [2.75, 3.05) is 14.1 Å². The van der Waals surface area contributed by atoms with Gasteiger partial charge in [-0.1, -0.05) is 0 Å². The van der Waals surface area contributed by atoms with E-state index < -0.39 is 6.03 Å². The Bertz CT molecular complexity index is 150. The number of amides is 2. The second kappa shape index (κ2) is 22.9. The van der Waals surface area contributed by atoms with Gasteiger partial charge in [0.1, 0.15) is 11.6 Å². The molecule has 0 rings (SSSR count). The summed E-state index contributed by atoms with van der Waals surface area (Å²) >= 11 is 0. The summed E-state index contributed by atoms with van der Waals surface area (Å²) in [6.07, 6.45) is 0. The third-order valence-electron chi connectivity index (χ3n) is 0.246. The van der Waals surface area contributed by atoms with E-state index in [1.54, 1.807) is 0 Å². The predicted octanol–water partition coefficient (Wildman–Crippen LogP) is 0.0500. The summed E-state index contributed by atoms with van der Waals surface area (Å²) in [4.78, 5) is 28.4. The van der Waals surface area contributed by atoms with Crippen molar-refractivity contribution in [1.29, 1.82) is 0 Å². The van der Waals surface area contributed by atoms with Crippen LogP contribution in [0.25, 0.3) is 0 Å². The fourth-order valence-corrected chi connectivity index (χ4v) is 0. The fourth-order valence-electron chi connectivity index (χ4n) is 0. The first-order valence-corrected chi connectivity index (χ1v) is 4.23. The summed E-state index contributed by atoms with van der Waals surface area (Å²) in [6.45, 7) is 6.11. The van der Waals surface area contributed by atoms with Crippen molar-refractivity contribution in [3.63, 3.8) is 0 Å². The lowest BCUT2D eigenvalue weighted by Gasteiger charge is -1.80. The minimum absolute atomic E-state index is 0.167. The summed E-state index contributed by atoms with van der Waals surface area (Å²) in [5, 5.41) is 2.17. The molecule has 0 radical (unpaired) electrons. The van der Waals surface area contributed by atoms with E-state index in [0.717, 1.165) is 0 Å². The molecule has 0 heterocycles. The maximum Gasteiger partial charge on any atom is 0.311 e. The molecule has 0 aromatic carbocycles. The van der Waals surface area contributed by atoms with Gasteiger partial charge in [0.2, 0.25) is 0 Å². The number of urea groups is 1. The van der Waals surface area contributed by atoms with Crippen molar-refractivity contribution < 1.29 is 14.4 Å². The zero-order chi connectivity index (χ0) is 13.4. The molecule has 0 spiro atoms. The Balaban J connectivity index is -0.0000000562. The fraction of sp³-hybridized carbons (Fsp3) is 0.667. The van der Waals surface area contributed by atoms with E-state index in [-0.39, 0.29) is 11.6 Å². The summed E-state index contributed by atoms with van der Waals surface area (Å²) < 4.78 is 0. The molecule has 6 heteroatoms. The lowest BCUT2D eigenvalue weighted by molar-refractivity contribution is -0.115. The van der Waals surface area contributed by atoms with Crippen LogP contribution in [0.3, 0.4) is 0 Å². The molecule has 0 atom stereocenters. The van der Waals surface area contributed by atoms with Crippen LogP contribution in [0.15, 0.2) is 0 Å². The molecule has 0 saturated heterocycles. The molecule has 0 aliphatic rings. The van der Waals surface area contributed by atoms with Crippen LogP contribution in [-0.4, -0.2) is 31.7 Å². The SMILES string of the molecule is CC(C)=O.CC(C)=O.CN.CNC(N)=O. The molecule has 15 heavy (non-hydrogen) atoms. The zero-order valence-corrected chi connectivity index (χ0v) is 10.4. The van der Waals surface area contributed by atoms with Gasteiger partial charge in [-0.15, -0.1) is 0 Å². The maximum absolute atomic E-state index is 9.48. The number of rotatable bonds is 0. The highest BCUT2D eigenvalue weighted by molar-refractivity contribution is 5.72. The largest absolute Gasteiger partial charge is 0.352 e. The average Bonchev–Trinajstić information content (AvgIpc) is 2.06. The number of nitrogens with two attached hydrogens (primary N) is 2. The number of hydrogen-bond acceptors (Lipinski definition) is 4. The van der Waals surface area contributed by atoms with Crippen LogP contribution in [-0.2, 0) is 9.59 Å². The molecule has 0 bridgehead atoms. The number of carbonyl (C=O) groups is 3. The minimum Gasteiger partial charge on any atom is -0.352 e. The van der Waals surface area contributed by atoms with E-state index in [2.05, 4.69) is 16.8 Å². The third kappa shape index (κ3) is 4320. The minimum atomic E-state index is -0.495. The lowest BCUT2D eigenvalue weighted by atomic mass is 10.6. The number of carbonyl (C=O) groups excluding carboxylic acids is 3. The molecule has 0 aliphatic carbocycles. The second-order valence-electron chi connectivity index (χ2n) is 2.43. The van der Waals surface area contributed by atoms with E-state index in [1.165, 1.54) is 41.8 Å². The van der Waals surface area contributed by atoms with E-state index in [1.807, 2.05) is 0 Å². The highest BCUT2D eigenvalue weighted by atomic mass is 16.2. The van der Waals surface area contributed by atoms with Crippen molar-refractivity contribution in [2.45, 2.75) is 27.7 Å². The third-order valence-corrected chi connectivity index (χ3v) is 0.246. The Morgan fingerprint density at radius 1 is 0.867 bits per heavy atom. The Morgan fingerprint density at radius 3 is 0.933 bits per heavy atom. The van der Waals surface area contributed by atoms with E-state index in [0.29, 0.717) is 0 Å². The summed E-state index contributed by atoms with van der Waals surface area (Å²) in [6, 6.07) is -0.495. The van der Waals surface area contributed by atoms with Gasteiger partial charge in [-0.3, -0.25) is 0 Å². The molecule has 0 aliphatic heterocycles. The highest BCUT2D eigenvalue weighted by Crippen LogP contribution is 1.50. The van der Waals surface area contributed by atoms with Gasteiger partial charge in [-0.2, -0.15) is 0 Å². The lowest BCUT2D eigenvalue weighted by Crippen LogP contribution is -2.24. The molecule has 6 nitrogen and oxygen atoms in total.